The first-order valence-corrected chi connectivity index (χ1v) is 11.2. The zero-order valence-electron chi connectivity index (χ0n) is 18.9. The molecule has 1 saturated heterocycles. The van der Waals surface area contributed by atoms with Crippen LogP contribution in [0.3, 0.4) is 0 Å². The number of ether oxygens (including phenoxy) is 1. The minimum absolute atomic E-state index is 0.111. The number of carbonyl (C=O) groups excluding carboxylic acids is 2. The Kier molecular flexibility index (Phi) is 6.80. The fourth-order valence-corrected chi connectivity index (χ4v) is 4.14. The van der Waals surface area contributed by atoms with Crippen molar-refractivity contribution in [2.75, 3.05) is 33.3 Å². The van der Waals surface area contributed by atoms with Gasteiger partial charge in [-0.15, -0.1) is 0 Å². The Hall–Kier alpha value is -3.17. The molecule has 1 fully saturated rings. The summed E-state index contributed by atoms with van der Waals surface area (Å²) in [6, 6.07) is 7.26. The normalized spacial score (nSPS) is 14.5. The highest BCUT2D eigenvalue weighted by Gasteiger charge is 2.29. The summed E-state index contributed by atoms with van der Waals surface area (Å²) in [6.45, 7) is 6.69. The molecule has 0 radical (unpaired) electrons. The molecule has 174 valence electrons. The quantitative estimate of drug-likeness (QED) is 0.550. The van der Waals surface area contributed by atoms with E-state index in [0.29, 0.717) is 78.4 Å². The lowest BCUT2D eigenvalue weighted by molar-refractivity contribution is 0.0598. The van der Waals surface area contributed by atoms with E-state index in [9.17, 15) is 9.59 Å². The maximum Gasteiger partial charge on any atom is 0.339 e. The van der Waals surface area contributed by atoms with Gasteiger partial charge >= 0.3 is 5.97 Å². The number of aromatic nitrogens is 3. The van der Waals surface area contributed by atoms with Gasteiger partial charge in [0.2, 0.25) is 11.7 Å². The van der Waals surface area contributed by atoms with E-state index in [1.165, 1.54) is 7.11 Å². The number of amides is 1. The zero-order chi connectivity index (χ0) is 23.5. The number of piperazine rings is 1. The standard InChI is InChI=1S/C23H26ClN5O4/c1-4-17-19(23(31)32-3)14(2)20(25-17)22(30)29-11-9-28(10-12-29)13-18-26-21(27-33-18)15-5-7-16(24)8-6-15/h5-8,25H,4,9-13H2,1-3H3. The van der Waals surface area contributed by atoms with E-state index in [4.69, 9.17) is 20.9 Å². The number of carbonyl (C=O) groups is 2. The molecular formula is C23H26ClN5O4. The molecule has 1 aliphatic heterocycles. The molecule has 3 aromatic rings. The number of aryl methyl sites for hydroxylation is 1. The summed E-state index contributed by atoms with van der Waals surface area (Å²) in [5.41, 5.74) is 3.09. The first kappa shape index (κ1) is 23.0. The van der Waals surface area contributed by atoms with Crippen molar-refractivity contribution in [3.05, 3.63) is 57.7 Å². The van der Waals surface area contributed by atoms with Gasteiger partial charge in [0.05, 0.1) is 19.2 Å². The number of nitrogens with zero attached hydrogens (tertiary/aromatic N) is 4. The van der Waals surface area contributed by atoms with Crippen LogP contribution in [0, 0.1) is 6.92 Å². The molecule has 0 saturated carbocycles. The van der Waals surface area contributed by atoms with Crippen LogP contribution in [-0.2, 0) is 17.7 Å². The molecule has 2 aromatic heterocycles. The van der Waals surface area contributed by atoms with E-state index in [-0.39, 0.29) is 5.91 Å². The molecule has 33 heavy (non-hydrogen) atoms. The van der Waals surface area contributed by atoms with Crippen molar-refractivity contribution < 1.29 is 18.8 Å². The maximum absolute atomic E-state index is 13.1. The predicted octanol–water partition coefficient (Wildman–Crippen LogP) is 3.33. The van der Waals surface area contributed by atoms with E-state index in [1.54, 1.807) is 24.0 Å². The predicted molar refractivity (Wildman–Crippen MR) is 122 cm³/mol. The average molecular weight is 472 g/mol. The minimum Gasteiger partial charge on any atom is -0.465 e. The van der Waals surface area contributed by atoms with Crippen molar-refractivity contribution in [1.29, 1.82) is 0 Å². The van der Waals surface area contributed by atoms with Crippen LogP contribution >= 0.6 is 11.6 Å². The summed E-state index contributed by atoms with van der Waals surface area (Å²) >= 11 is 5.93. The van der Waals surface area contributed by atoms with Gasteiger partial charge in [0.25, 0.3) is 5.91 Å². The van der Waals surface area contributed by atoms with Gasteiger partial charge < -0.3 is 19.1 Å². The van der Waals surface area contributed by atoms with Gasteiger partial charge in [0.15, 0.2) is 0 Å². The minimum atomic E-state index is -0.429. The van der Waals surface area contributed by atoms with Crippen LogP contribution in [0.1, 0.15) is 44.9 Å². The summed E-state index contributed by atoms with van der Waals surface area (Å²) < 4.78 is 10.3. The highest BCUT2D eigenvalue weighted by atomic mass is 35.5. The van der Waals surface area contributed by atoms with Gasteiger partial charge in [-0.25, -0.2) is 4.79 Å². The molecule has 1 aliphatic rings. The van der Waals surface area contributed by atoms with Crippen molar-refractivity contribution in [2.24, 2.45) is 0 Å². The second-order valence-electron chi connectivity index (χ2n) is 7.91. The number of H-pyrrole nitrogens is 1. The molecule has 1 amide bonds. The van der Waals surface area contributed by atoms with E-state index >= 15 is 0 Å². The second-order valence-corrected chi connectivity index (χ2v) is 8.35. The van der Waals surface area contributed by atoms with Crippen LogP contribution in [0.15, 0.2) is 28.8 Å². The number of aromatic amines is 1. The van der Waals surface area contributed by atoms with E-state index in [2.05, 4.69) is 20.0 Å². The number of hydrogen-bond acceptors (Lipinski definition) is 7. The highest BCUT2D eigenvalue weighted by Crippen LogP contribution is 2.23. The van der Waals surface area contributed by atoms with E-state index in [0.717, 1.165) is 5.56 Å². The first-order valence-electron chi connectivity index (χ1n) is 10.8. The number of rotatable bonds is 6. The Balaban J connectivity index is 1.37. The van der Waals surface area contributed by atoms with Crippen LogP contribution in [0.4, 0.5) is 0 Å². The topological polar surface area (TPSA) is 105 Å². The molecular weight excluding hydrogens is 446 g/mol. The Morgan fingerprint density at radius 3 is 2.52 bits per heavy atom. The van der Waals surface area contributed by atoms with Crippen molar-refractivity contribution >= 4 is 23.5 Å². The molecule has 3 heterocycles. The molecule has 1 aromatic carbocycles. The number of nitrogens with one attached hydrogen (secondary N) is 1. The third-order valence-corrected chi connectivity index (χ3v) is 6.13. The summed E-state index contributed by atoms with van der Waals surface area (Å²) in [5.74, 6) is 0.503. The van der Waals surface area contributed by atoms with Gasteiger partial charge in [0, 0.05) is 42.5 Å². The Labute approximate surface area is 196 Å². The van der Waals surface area contributed by atoms with Crippen molar-refractivity contribution in [3.8, 4) is 11.4 Å². The molecule has 4 rings (SSSR count). The number of esters is 1. The molecule has 0 unspecified atom stereocenters. The summed E-state index contributed by atoms with van der Waals surface area (Å²) in [7, 11) is 1.34. The molecule has 0 atom stereocenters. The molecule has 0 spiro atoms. The Morgan fingerprint density at radius 2 is 1.88 bits per heavy atom. The van der Waals surface area contributed by atoms with Crippen molar-refractivity contribution in [1.82, 2.24) is 24.9 Å². The zero-order valence-corrected chi connectivity index (χ0v) is 19.6. The fraction of sp³-hybridized carbons (Fsp3) is 0.391. The van der Waals surface area contributed by atoms with Gasteiger partial charge in [-0.1, -0.05) is 23.7 Å². The number of hydrogen-bond donors (Lipinski definition) is 1. The third-order valence-electron chi connectivity index (χ3n) is 5.87. The smallest absolute Gasteiger partial charge is 0.339 e. The van der Waals surface area contributed by atoms with Gasteiger partial charge in [-0.3, -0.25) is 9.69 Å². The molecule has 9 nitrogen and oxygen atoms in total. The van der Waals surface area contributed by atoms with Gasteiger partial charge in [-0.2, -0.15) is 4.98 Å². The monoisotopic (exact) mass is 471 g/mol. The average Bonchev–Trinajstić information content (AvgIpc) is 3.43. The lowest BCUT2D eigenvalue weighted by Gasteiger charge is -2.33. The van der Waals surface area contributed by atoms with Crippen LogP contribution < -0.4 is 0 Å². The maximum atomic E-state index is 13.1. The molecule has 1 N–H and O–H groups in total. The van der Waals surface area contributed by atoms with E-state index in [1.807, 2.05) is 19.1 Å². The first-order chi connectivity index (χ1) is 15.9. The lowest BCUT2D eigenvalue weighted by atomic mass is 10.1. The van der Waals surface area contributed by atoms with Crippen LogP contribution in [0.5, 0.6) is 0 Å². The second kappa shape index (κ2) is 9.76. The van der Waals surface area contributed by atoms with Crippen molar-refractivity contribution in [2.45, 2.75) is 26.8 Å². The lowest BCUT2D eigenvalue weighted by Crippen LogP contribution is -2.48. The molecule has 0 bridgehead atoms. The Bertz CT molecular complexity index is 1150. The van der Waals surface area contributed by atoms with E-state index < -0.39 is 5.97 Å². The number of methoxy groups -OCH3 is 1. The van der Waals surface area contributed by atoms with Gasteiger partial charge in [-0.05, 0) is 43.2 Å². The van der Waals surface area contributed by atoms with Crippen LogP contribution in [0.2, 0.25) is 5.02 Å². The summed E-state index contributed by atoms with van der Waals surface area (Å²) in [4.78, 5) is 36.9. The third kappa shape index (κ3) is 4.79. The Morgan fingerprint density at radius 1 is 1.18 bits per heavy atom. The van der Waals surface area contributed by atoms with Crippen molar-refractivity contribution in [3.63, 3.8) is 0 Å². The highest BCUT2D eigenvalue weighted by molar-refractivity contribution is 6.30. The summed E-state index contributed by atoms with van der Waals surface area (Å²) in [6.07, 6.45) is 0.606. The fourth-order valence-electron chi connectivity index (χ4n) is 4.01. The molecule has 10 heteroatoms. The SMILES string of the molecule is CCc1[nH]c(C(=O)N2CCN(Cc3nc(-c4ccc(Cl)cc4)no3)CC2)c(C)c1C(=O)OC. The summed E-state index contributed by atoms with van der Waals surface area (Å²) in [5, 5.41) is 4.70. The largest absolute Gasteiger partial charge is 0.465 e. The number of benzene rings is 1. The molecule has 0 aliphatic carbocycles. The van der Waals surface area contributed by atoms with Crippen LogP contribution in [-0.4, -0.2) is 70.1 Å². The van der Waals surface area contributed by atoms with Gasteiger partial charge in [0.1, 0.15) is 5.69 Å². The van der Waals surface area contributed by atoms with Crippen LogP contribution in [0.25, 0.3) is 11.4 Å². The number of halogens is 1.